The Balaban J connectivity index is 1.87. The molecule has 0 aromatic heterocycles. The minimum atomic E-state index is -0.206. The van der Waals surface area contributed by atoms with E-state index in [1.165, 1.54) is 11.1 Å². The van der Waals surface area contributed by atoms with Crippen LogP contribution in [0.5, 0.6) is 0 Å². The molecule has 0 bridgehead atoms. The van der Waals surface area contributed by atoms with Crippen molar-refractivity contribution in [3.63, 3.8) is 0 Å². The van der Waals surface area contributed by atoms with Crippen molar-refractivity contribution in [2.24, 2.45) is 4.99 Å². The summed E-state index contributed by atoms with van der Waals surface area (Å²) in [6.45, 7) is 2.25. The minimum absolute atomic E-state index is 0.206. The maximum Gasteiger partial charge on any atom is 0.0864 e. The fourth-order valence-electron chi connectivity index (χ4n) is 3.32. The van der Waals surface area contributed by atoms with Gasteiger partial charge in [-0.2, -0.15) is 0 Å². The smallest absolute Gasteiger partial charge is 0.0864 e. The normalized spacial score (nSPS) is 19.6. The molecule has 0 unspecified atom stereocenters. The maximum atomic E-state index is 4.98. The number of nitrogens with zero attached hydrogens (tertiary/aromatic N) is 1. The summed E-state index contributed by atoms with van der Waals surface area (Å²) >= 11 is 0. The summed E-state index contributed by atoms with van der Waals surface area (Å²) in [5.74, 6) is 0. The zero-order chi connectivity index (χ0) is 16.4. The molecule has 1 aliphatic heterocycles. The zero-order valence-electron chi connectivity index (χ0n) is 13.7. The maximum absolute atomic E-state index is 4.98. The summed E-state index contributed by atoms with van der Waals surface area (Å²) in [6, 6.07) is 29.4. The Hall–Kier alpha value is -2.87. The Morgan fingerprint density at radius 2 is 1.42 bits per heavy atom. The van der Waals surface area contributed by atoms with Crippen LogP contribution in [-0.4, -0.2) is 5.71 Å². The topological polar surface area (TPSA) is 24.4 Å². The van der Waals surface area contributed by atoms with Crippen molar-refractivity contribution in [1.29, 1.82) is 0 Å². The molecule has 0 saturated carbocycles. The lowest BCUT2D eigenvalue weighted by atomic mass is 9.85. The monoisotopic (exact) mass is 312 g/mol. The number of rotatable bonds is 2. The summed E-state index contributed by atoms with van der Waals surface area (Å²) in [4.78, 5) is 4.98. The van der Waals surface area contributed by atoms with Crippen LogP contribution in [0.15, 0.2) is 89.9 Å². The molecule has 3 aromatic carbocycles. The van der Waals surface area contributed by atoms with Gasteiger partial charge in [0, 0.05) is 6.42 Å². The van der Waals surface area contributed by atoms with E-state index in [0.717, 1.165) is 23.5 Å². The molecule has 1 atom stereocenters. The van der Waals surface area contributed by atoms with Crippen LogP contribution in [0.3, 0.4) is 0 Å². The highest BCUT2D eigenvalue weighted by atomic mass is 15.0. The Kier molecular flexibility index (Phi) is 3.66. The number of anilines is 1. The van der Waals surface area contributed by atoms with Gasteiger partial charge in [0.2, 0.25) is 0 Å². The minimum Gasteiger partial charge on any atom is -0.374 e. The summed E-state index contributed by atoms with van der Waals surface area (Å²) < 4.78 is 0. The quantitative estimate of drug-likeness (QED) is 0.660. The molecule has 1 N–H and O–H groups in total. The van der Waals surface area contributed by atoms with E-state index in [1.54, 1.807) is 0 Å². The number of benzene rings is 3. The second-order valence-corrected chi connectivity index (χ2v) is 6.44. The van der Waals surface area contributed by atoms with Gasteiger partial charge in [0.05, 0.1) is 22.6 Å². The van der Waals surface area contributed by atoms with Crippen LogP contribution < -0.4 is 5.32 Å². The highest BCUT2D eigenvalue weighted by Crippen LogP contribution is 2.38. The van der Waals surface area contributed by atoms with Gasteiger partial charge in [0.15, 0.2) is 0 Å². The van der Waals surface area contributed by atoms with Gasteiger partial charge < -0.3 is 5.32 Å². The van der Waals surface area contributed by atoms with Crippen LogP contribution >= 0.6 is 0 Å². The van der Waals surface area contributed by atoms with Crippen molar-refractivity contribution in [2.45, 2.75) is 18.9 Å². The van der Waals surface area contributed by atoms with Crippen molar-refractivity contribution in [1.82, 2.24) is 0 Å². The first kappa shape index (κ1) is 14.7. The van der Waals surface area contributed by atoms with Crippen LogP contribution in [-0.2, 0) is 5.54 Å². The fourth-order valence-corrected chi connectivity index (χ4v) is 3.32. The van der Waals surface area contributed by atoms with E-state index < -0.39 is 0 Å². The average Bonchev–Trinajstić information content (AvgIpc) is 2.80. The summed E-state index contributed by atoms with van der Waals surface area (Å²) in [5.41, 5.74) is 5.43. The molecule has 0 saturated heterocycles. The largest absolute Gasteiger partial charge is 0.374 e. The third-order valence-electron chi connectivity index (χ3n) is 4.61. The summed E-state index contributed by atoms with van der Waals surface area (Å²) in [6.07, 6.45) is 0.829. The molecule has 0 fully saturated rings. The first-order valence-electron chi connectivity index (χ1n) is 8.30. The average molecular weight is 312 g/mol. The molecule has 0 amide bonds. The molecule has 118 valence electrons. The number of nitrogens with one attached hydrogen (secondary N) is 1. The van der Waals surface area contributed by atoms with Crippen molar-refractivity contribution in [3.05, 3.63) is 96.1 Å². The van der Waals surface area contributed by atoms with Gasteiger partial charge in [0.1, 0.15) is 0 Å². The van der Waals surface area contributed by atoms with Gasteiger partial charge in [-0.15, -0.1) is 0 Å². The van der Waals surface area contributed by atoms with Gasteiger partial charge in [-0.3, -0.25) is 4.99 Å². The first-order chi connectivity index (χ1) is 11.7. The Morgan fingerprint density at radius 1 is 0.792 bits per heavy atom. The lowest BCUT2D eigenvalue weighted by molar-refractivity contribution is 0.571. The highest BCUT2D eigenvalue weighted by molar-refractivity contribution is 6.04. The lowest BCUT2D eigenvalue weighted by Gasteiger charge is -2.32. The van der Waals surface area contributed by atoms with Crippen LogP contribution in [0.2, 0.25) is 0 Å². The van der Waals surface area contributed by atoms with Gasteiger partial charge in [-0.25, -0.2) is 0 Å². The number of fused-ring (bicyclic) bond motifs is 1. The van der Waals surface area contributed by atoms with Crippen molar-refractivity contribution in [2.75, 3.05) is 5.32 Å². The second-order valence-electron chi connectivity index (χ2n) is 6.44. The van der Waals surface area contributed by atoms with Crippen LogP contribution in [0, 0.1) is 0 Å². The standard InChI is InChI=1S/C22H20N2/c1-22(18-12-6-3-7-13-18)16-21(17-10-4-2-5-11-17)23-19-14-8-9-15-20(19)24-22/h2-15,24H,16H2,1H3/t22-/m1/s1. The van der Waals surface area contributed by atoms with E-state index in [2.05, 4.69) is 85.0 Å². The molecular weight excluding hydrogens is 292 g/mol. The van der Waals surface area contributed by atoms with E-state index >= 15 is 0 Å². The van der Waals surface area contributed by atoms with Crippen LogP contribution in [0.25, 0.3) is 0 Å². The number of hydrogen-bond donors (Lipinski definition) is 1. The molecule has 1 aliphatic rings. The van der Waals surface area contributed by atoms with Crippen LogP contribution in [0.4, 0.5) is 11.4 Å². The van der Waals surface area contributed by atoms with E-state index in [9.17, 15) is 0 Å². The fraction of sp³-hybridized carbons (Fsp3) is 0.136. The van der Waals surface area contributed by atoms with Crippen molar-refractivity contribution >= 4 is 17.1 Å². The molecule has 0 radical (unpaired) electrons. The Labute approximate surface area is 142 Å². The number of aliphatic imine (C=N–C) groups is 1. The van der Waals surface area contributed by atoms with Crippen LogP contribution in [0.1, 0.15) is 24.5 Å². The summed E-state index contributed by atoms with van der Waals surface area (Å²) in [5, 5.41) is 3.74. The van der Waals surface area contributed by atoms with Gasteiger partial charge in [-0.05, 0) is 30.2 Å². The third-order valence-corrected chi connectivity index (χ3v) is 4.61. The van der Waals surface area contributed by atoms with Crippen molar-refractivity contribution in [3.8, 4) is 0 Å². The van der Waals surface area contributed by atoms with E-state index in [4.69, 9.17) is 4.99 Å². The summed E-state index contributed by atoms with van der Waals surface area (Å²) in [7, 11) is 0. The number of hydrogen-bond acceptors (Lipinski definition) is 2. The molecule has 3 aromatic rings. The molecule has 4 rings (SSSR count). The molecule has 2 nitrogen and oxygen atoms in total. The zero-order valence-corrected chi connectivity index (χ0v) is 13.7. The number of para-hydroxylation sites is 2. The third kappa shape index (κ3) is 2.71. The molecular formula is C22H20N2. The predicted molar refractivity (Wildman–Crippen MR) is 101 cm³/mol. The van der Waals surface area contributed by atoms with E-state index in [1.807, 2.05) is 12.1 Å². The Bertz CT molecular complexity index is 869. The van der Waals surface area contributed by atoms with Gasteiger partial charge >= 0.3 is 0 Å². The lowest BCUT2D eigenvalue weighted by Crippen LogP contribution is -2.33. The first-order valence-corrected chi connectivity index (χ1v) is 8.30. The molecule has 24 heavy (non-hydrogen) atoms. The van der Waals surface area contributed by atoms with E-state index in [-0.39, 0.29) is 5.54 Å². The molecule has 1 heterocycles. The SMILES string of the molecule is C[C@]1(c2ccccc2)CC(c2ccccc2)=Nc2ccccc2N1. The highest BCUT2D eigenvalue weighted by Gasteiger charge is 2.31. The van der Waals surface area contributed by atoms with Gasteiger partial charge in [-0.1, -0.05) is 72.8 Å². The molecule has 0 aliphatic carbocycles. The van der Waals surface area contributed by atoms with Crippen molar-refractivity contribution < 1.29 is 0 Å². The molecule has 2 heteroatoms. The van der Waals surface area contributed by atoms with E-state index in [0.29, 0.717) is 0 Å². The predicted octanol–water partition coefficient (Wildman–Crippen LogP) is 5.54. The Morgan fingerprint density at radius 3 is 2.17 bits per heavy atom. The van der Waals surface area contributed by atoms with Gasteiger partial charge in [0.25, 0.3) is 0 Å². The second kappa shape index (κ2) is 5.97. The molecule has 0 spiro atoms.